The maximum absolute atomic E-state index is 5.80. The zero-order valence-electron chi connectivity index (χ0n) is 6.00. The van der Waals surface area contributed by atoms with Crippen molar-refractivity contribution in [3.05, 3.63) is 32.8 Å². The van der Waals surface area contributed by atoms with Gasteiger partial charge in [-0.2, -0.15) is 0 Å². The van der Waals surface area contributed by atoms with Crippen LogP contribution in [0.25, 0.3) is 0 Å². The van der Waals surface area contributed by atoms with Crippen LogP contribution in [0.2, 0.25) is 15.1 Å². The largest absolute Gasteiger partial charge is 0.0826 e. The summed E-state index contributed by atoms with van der Waals surface area (Å²) in [5.74, 6) is 0. The molecule has 4 heteroatoms. The van der Waals surface area contributed by atoms with E-state index in [1.807, 2.05) is 12.1 Å². The first-order valence-electron chi connectivity index (χ1n) is 3.28. The first-order chi connectivity index (χ1) is 5.15. The average molecular weight is 226 g/mol. The lowest BCUT2D eigenvalue weighted by molar-refractivity contribution is 1.40. The van der Waals surface area contributed by atoms with E-state index in [1.165, 1.54) is 0 Å². The lowest BCUT2D eigenvalue weighted by atomic mass is 10.2. The van der Waals surface area contributed by atoms with Crippen molar-refractivity contribution in [2.45, 2.75) is 6.04 Å². The Morgan fingerprint density at radius 2 is 1.55 bits per heavy atom. The number of hydrogen-bond acceptors (Lipinski definition) is 0. The predicted molar refractivity (Wildman–Crippen MR) is 55.1 cm³/mol. The van der Waals surface area contributed by atoms with E-state index in [9.17, 15) is 0 Å². The van der Waals surface area contributed by atoms with Crippen LogP contribution in [0, 0.1) is 0 Å². The fourth-order valence-corrected chi connectivity index (χ4v) is 1.86. The van der Waals surface area contributed by atoms with Gasteiger partial charge < -0.3 is 0 Å². The van der Waals surface area contributed by atoms with Crippen molar-refractivity contribution >= 4 is 45.0 Å². The number of hydrogen-bond donors (Lipinski definition) is 0. The van der Waals surface area contributed by atoms with Gasteiger partial charge >= 0.3 is 0 Å². The highest BCUT2D eigenvalue weighted by Gasteiger charge is 2.03. The van der Waals surface area contributed by atoms with E-state index in [2.05, 4.69) is 0 Å². The van der Waals surface area contributed by atoms with Crippen molar-refractivity contribution in [2.24, 2.45) is 0 Å². The third-order valence-corrected chi connectivity index (χ3v) is 3.47. The first-order valence-corrected chi connectivity index (χ1v) is 5.83. The lowest BCUT2D eigenvalue weighted by Gasteiger charge is -2.01. The minimum Gasteiger partial charge on any atom is -0.0826 e. The van der Waals surface area contributed by atoms with Crippen LogP contribution in [-0.4, -0.2) is 10.2 Å². The molecule has 0 spiro atoms. The van der Waals surface area contributed by atoms with Crippen molar-refractivity contribution in [2.75, 3.05) is 0 Å². The quantitative estimate of drug-likeness (QED) is 0.509. The molecule has 1 aromatic rings. The van der Waals surface area contributed by atoms with E-state index in [-0.39, 0.29) is 0 Å². The molecule has 0 bridgehead atoms. The molecule has 1 rings (SSSR count). The molecule has 0 nitrogen and oxygen atoms in total. The second kappa shape index (κ2) is 3.81. The second-order valence-electron chi connectivity index (χ2n) is 2.23. The highest BCUT2D eigenvalue weighted by atomic mass is 35.5. The van der Waals surface area contributed by atoms with Gasteiger partial charge in [0, 0.05) is 10.2 Å². The Bertz CT molecular complexity index is 249. The summed E-state index contributed by atoms with van der Waals surface area (Å²) in [4.78, 5) is 0. The van der Waals surface area contributed by atoms with Crippen molar-refractivity contribution < 1.29 is 0 Å². The molecule has 11 heavy (non-hydrogen) atoms. The van der Waals surface area contributed by atoms with E-state index in [1.54, 1.807) is 0 Å². The maximum atomic E-state index is 5.80. The minimum atomic E-state index is 0.451. The van der Waals surface area contributed by atoms with E-state index in [0.29, 0.717) is 15.1 Å². The van der Waals surface area contributed by atoms with Crippen LogP contribution in [0.5, 0.6) is 0 Å². The van der Waals surface area contributed by atoms with Crippen LogP contribution in [0.15, 0.2) is 12.1 Å². The molecule has 0 fully saturated rings. The summed E-state index contributed by atoms with van der Waals surface area (Å²) in [6, 6.07) is 4.78. The molecular formula is C7H7Cl3Si. The molecule has 0 N–H and O–H groups in total. The Kier molecular flexibility index (Phi) is 3.25. The highest BCUT2D eigenvalue weighted by molar-refractivity contribution is 6.48. The maximum Gasteiger partial charge on any atom is 0.0778 e. The van der Waals surface area contributed by atoms with E-state index >= 15 is 0 Å². The van der Waals surface area contributed by atoms with Crippen LogP contribution >= 0.6 is 34.8 Å². The van der Waals surface area contributed by atoms with Crippen LogP contribution in [0.4, 0.5) is 0 Å². The van der Waals surface area contributed by atoms with Gasteiger partial charge in [-0.1, -0.05) is 34.8 Å². The molecule has 0 amide bonds. The molecule has 0 radical (unpaired) electrons. The zero-order valence-corrected chi connectivity index (χ0v) is 10.3. The third-order valence-electron chi connectivity index (χ3n) is 1.45. The first kappa shape index (κ1) is 9.40. The molecule has 0 aliphatic carbocycles. The monoisotopic (exact) mass is 224 g/mol. The highest BCUT2D eigenvalue weighted by Crippen LogP contribution is 2.30. The van der Waals surface area contributed by atoms with Crippen molar-refractivity contribution in [3.8, 4) is 0 Å². The average Bonchev–Trinajstić information content (AvgIpc) is 1.99. The molecule has 0 saturated carbocycles. The van der Waals surface area contributed by atoms with E-state index in [4.69, 9.17) is 34.8 Å². The molecule has 0 atom stereocenters. The molecular weight excluding hydrogens is 219 g/mol. The Hall–Kier alpha value is 0.307. The Labute approximate surface area is 83.9 Å². The molecule has 0 unspecified atom stereocenters. The molecule has 1 aromatic carbocycles. The normalized spacial score (nSPS) is 10.5. The lowest BCUT2D eigenvalue weighted by Crippen LogP contribution is -1.84. The van der Waals surface area contributed by atoms with Gasteiger partial charge in [0.1, 0.15) is 0 Å². The van der Waals surface area contributed by atoms with Gasteiger partial charge in [-0.05, 0) is 23.7 Å². The molecule has 0 saturated heterocycles. The fourth-order valence-electron chi connectivity index (χ4n) is 0.812. The third kappa shape index (κ3) is 2.12. The SMILES string of the molecule is [SiH3]Cc1cc(Cl)c(Cl)c(Cl)c1. The summed E-state index contributed by atoms with van der Waals surface area (Å²) in [7, 11) is 1.11. The molecule has 0 aliphatic rings. The Morgan fingerprint density at radius 1 is 1.09 bits per heavy atom. The van der Waals surface area contributed by atoms with Crippen LogP contribution in [0.3, 0.4) is 0 Å². The van der Waals surface area contributed by atoms with Gasteiger partial charge in [0.15, 0.2) is 0 Å². The zero-order chi connectivity index (χ0) is 8.43. The Morgan fingerprint density at radius 3 is 1.91 bits per heavy atom. The van der Waals surface area contributed by atoms with Gasteiger partial charge in [0.2, 0.25) is 0 Å². The summed E-state index contributed by atoms with van der Waals surface area (Å²) >= 11 is 17.3. The van der Waals surface area contributed by atoms with Crippen LogP contribution in [0.1, 0.15) is 5.56 Å². The summed E-state index contributed by atoms with van der Waals surface area (Å²) < 4.78 is 0. The summed E-state index contributed by atoms with van der Waals surface area (Å²) in [6.45, 7) is 0. The molecule has 60 valence electrons. The fraction of sp³-hybridized carbons (Fsp3) is 0.143. The summed E-state index contributed by atoms with van der Waals surface area (Å²) in [5.41, 5.74) is 1.16. The van der Waals surface area contributed by atoms with Gasteiger partial charge in [-0.25, -0.2) is 0 Å². The van der Waals surface area contributed by atoms with Gasteiger partial charge in [0.05, 0.1) is 15.1 Å². The van der Waals surface area contributed by atoms with Crippen molar-refractivity contribution in [1.29, 1.82) is 0 Å². The molecule has 0 aliphatic heterocycles. The number of benzene rings is 1. The van der Waals surface area contributed by atoms with E-state index in [0.717, 1.165) is 21.9 Å². The Balaban J connectivity index is 3.21. The van der Waals surface area contributed by atoms with E-state index < -0.39 is 0 Å². The number of halogens is 3. The molecule has 0 heterocycles. The number of rotatable bonds is 1. The summed E-state index contributed by atoms with van der Waals surface area (Å²) in [5, 5.41) is 1.54. The second-order valence-corrected chi connectivity index (χ2v) is 4.13. The molecule has 0 aromatic heterocycles. The van der Waals surface area contributed by atoms with Crippen molar-refractivity contribution in [1.82, 2.24) is 0 Å². The van der Waals surface area contributed by atoms with Crippen LogP contribution < -0.4 is 0 Å². The smallest absolute Gasteiger partial charge is 0.0778 e. The van der Waals surface area contributed by atoms with Gasteiger partial charge in [0.25, 0.3) is 0 Å². The minimum absolute atomic E-state index is 0.451. The van der Waals surface area contributed by atoms with Crippen LogP contribution in [-0.2, 0) is 6.04 Å². The predicted octanol–water partition coefficient (Wildman–Crippen LogP) is 2.51. The summed E-state index contributed by atoms with van der Waals surface area (Å²) in [6.07, 6.45) is 0. The van der Waals surface area contributed by atoms with Gasteiger partial charge in [-0.3, -0.25) is 0 Å². The topological polar surface area (TPSA) is 0 Å². The van der Waals surface area contributed by atoms with Gasteiger partial charge in [-0.15, -0.1) is 0 Å². The standard InChI is InChI=1S/C7H7Cl3Si/c8-5-1-4(3-11)2-6(9)7(5)10/h1-2H,3H2,11H3. The van der Waals surface area contributed by atoms with Crippen molar-refractivity contribution in [3.63, 3.8) is 0 Å².